The average Bonchev–Trinajstić information content (AvgIpc) is 2.42. The predicted molar refractivity (Wildman–Crippen MR) is 80.2 cm³/mol. The Kier molecular flexibility index (Phi) is 6.99. The minimum absolute atomic E-state index is 1.19. The van der Waals surface area contributed by atoms with Crippen LogP contribution in [-0.2, 0) is 6.42 Å². The van der Waals surface area contributed by atoms with E-state index >= 15 is 0 Å². The van der Waals surface area contributed by atoms with Crippen LogP contribution < -0.4 is 0 Å². The van der Waals surface area contributed by atoms with Gasteiger partial charge in [0.1, 0.15) is 0 Å². The van der Waals surface area contributed by atoms with Gasteiger partial charge in [0.05, 0.1) is 0 Å². The number of rotatable bonds is 3. The molecular weight excluding hydrogens is 220 g/mol. The highest BCUT2D eigenvalue weighted by molar-refractivity contribution is 5.25. The number of benzene rings is 1. The van der Waals surface area contributed by atoms with E-state index in [-0.39, 0.29) is 0 Å². The summed E-state index contributed by atoms with van der Waals surface area (Å²) in [5.41, 5.74) is 2.93. The minimum atomic E-state index is 1.19. The first-order chi connectivity index (χ1) is 8.75. The topological polar surface area (TPSA) is 6.48 Å². The molecule has 0 spiro atoms. The summed E-state index contributed by atoms with van der Waals surface area (Å²) in [4.78, 5) is 4.98. The molecule has 2 heteroatoms. The van der Waals surface area contributed by atoms with Crippen LogP contribution in [0.3, 0.4) is 0 Å². The van der Waals surface area contributed by atoms with Gasteiger partial charge in [-0.05, 0) is 31.5 Å². The molecule has 1 aliphatic rings. The van der Waals surface area contributed by atoms with Crippen molar-refractivity contribution in [3.63, 3.8) is 0 Å². The lowest BCUT2D eigenvalue weighted by molar-refractivity contribution is 0.155. The van der Waals surface area contributed by atoms with E-state index in [9.17, 15) is 0 Å². The predicted octanol–water partition coefficient (Wildman–Crippen LogP) is 2.81. The summed E-state index contributed by atoms with van der Waals surface area (Å²) in [5.74, 6) is 0. The summed E-state index contributed by atoms with van der Waals surface area (Å²) >= 11 is 0. The lowest BCUT2D eigenvalue weighted by Crippen LogP contribution is -2.45. The molecule has 18 heavy (non-hydrogen) atoms. The first-order valence-corrected chi connectivity index (χ1v) is 7.21. The van der Waals surface area contributed by atoms with E-state index < -0.39 is 0 Å². The molecule has 102 valence electrons. The monoisotopic (exact) mass is 248 g/mol. The molecule has 1 aromatic rings. The van der Waals surface area contributed by atoms with Crippen molar-refractivity contribution < 1.29 is 0 Å². The second-order valence-corrected chi connectivity index (χ2v) is 4.82. The Bertz CT molecular complexity index is 328. The molecule has 0 amide bonds. The zero-order chi connectivity index (χ0) is 13.4. The van der Waals surface area contributed by atoms with Crippen LogP contribution in [0.5, 0.6) is 0 Å². The first kappa shape index (κ1) is 15.2. The Labute approximate surface area is 113 Å². The molecule has 0 radical (unpaired) electrons. The zero-order valence-corrected chi connectivity index (χ0v) is 12.4. The lowest BCUT2D eigenvalue weighted by Gasteiger charge is -2.32. The van der Waals surface area contributed by atoms with Crippen molar-refractivity contribution in [1.82, 2.24) is 9.80 Å². The van der Waals surface area contributed by atoms with Crippen molar-refractivity contribution in [2.75, 3.05) is 39.8 Å². The van der Waals surface area contributed by atoms with Crippen LogP contribution in [0.1, 0.15) is 25.0 Å². The highest BCUT2D eigenvalue weighted by Gasteiger charge is 2.13. The molecule has 1 saturated heterocycles. The Morgan fingerprint density at radius 3 is 2.22 bits per heavy atom. The molecule has 0 saturated carbocycles. The molecule has 1 fully saturated rings. The third-order valence-corrected chi connectivity index (χ3v) is 3.55. The van der Waals surface area contributed by atoms with Crippen LogP contribution in [0.2, 0.25) is 0 Å². The van der Waals surface area contributed by atoms with Crippen LogP contribution in [0.4, 0.5) is 0 Å². The van der Waals surface area contributed by atoms with Crippen molar-refractivity contribution in [3.8, 4) is 0 Å². The van der Waals surface area contributed by atoms with Gasteiger partial charge in [-0.3, -0.25) is 0 Å². The zero-order valence-electron chi connectivity index (χ0n) is 12.4. The minimum Gasteiger partial charge on any atom is -0.304 e. The number of likely N-dealkylation sites (N-methyl/N-ethyl adjacent to an activating group) is 1. The van der Waals surface area contributed by atoms with Gasteiger partial charge in [-0.15, -0.1) is 0 Å². The molecule has 0 N–H and O–H groups in total. The maximum Gasteiger partial charge on any atom is 0.0110 e. The Morgan fingerprint density at radius 2 is 1.61 bits per heavy atom. The van der Waals surface area contributed by atoms with Crippen LogP contribution in [0.25, 0.3) is 0 Å². The SMILES string of the molecule is CC.Cc1ccccc1CCN1CCN(C)CC1. The van der Waals surface area contributed by atoms with Crippen molar-refractivity contribution in [3.05, 3.63) is 35.4 Å². The molecule has 2 nitrogen and oxygen atoms in total. The van der Waals surface area contributed by atoms with E-state index in [1.54, 1.807) is 0 Å². The van der Waals surface area contributed by atoms with E-state index in [0.29, 0.717) is 0 Å². The van der Waals surface area contributed by atoms with Crippen LogP contribution in [0.15, 0.2) is 24.3 Å². The molecule has 0 atom stereocenters. The fourth-order valence-electron chi connectivity index (χ4n) is 2.24. The first-order valence-electron chi connectivity index (χ1n) is 7.21. The Hall–Kier alpha value is -0.860. The van der Waals surface area contributed by atoms with Crippen LogP contribution in [0, 0.1) is 6.92 Å². The van der Waals surface area contributed by atoms with E-state index in [2.05, 4.69) is 48.0 Å². The van der Waals surface area contributed by atoms with Gasteiger partial charge >= 0.3 is 0 Å². The highest BCUT2D eigenvalue weighted by Crippen LogP contribution is 2.09. The molecule has 2 rings (SSSR count). The largest absolute Gasteiger partial charge is 0.304 e. The highest BCUT2D eigenvalue weighted by atomic mass is 15.2. The second-order valence-electron chi connectivity index (χ2n) is 4.82. The lowest BCUT2D eigenvalue weighted by atomic mass is 10.1. The van der Waals surface area contributed by atoms with E-state index in [1.807, 2.05) is 13.8 Å². The normalized spacial score (nSPS) is 17.1. The van der Waals surface area contributed by atoms with E-state index in [4.69, 9.17) is 0 Å². The standard InChI is InChI=1S/C14H22N2.C2H6/c1-13-5-3-4-6-14(13)7-8-16-11-9-15(2)10-12-16;1-2/h3-6H,7-12H2,1-2H3;1-2H3. The number of nitrogens with zero attached hydrogens (tertiary/aromatic N) is 2. The smallest absolute Gasteiger partial charge is 0.0110 e. The van der Waals surface area contributed by atoms with Gasteiger partial charge in [-0.25, -0.2) is 0 Å². The molecular formula is C16H28N2. The molecule has 0 aromatic heterocycles. The summed E-state index contributed by atoms with van der Waals surface area (Å²) < 4.78 is 0. The maximum absolute atomic E-state index is 2.58. The average molecular weight is 248 g/mol. The van der Waals surface area contributed by atoms with Gasteiger partial charge in [-0.1, -0.05) is 38.1 Å². The molecule has 1 aromatic carbocycles. The molecule has 0 unspecified atom stereocenters. The Morgan fingerprint density at radius 1 is 1.00 bits per heavy atom. The van der Waals surface area contributed by atoms with Crippen LogP contribution in [-0.4, -0.2) is 49.6 Å². The number of piperazine rings is 1. The van der Waals surface area contributed by atoms with Gasteiger partial charge in [0, 0.05) is 32.7 Å². The molecule has 0 bridgehead atoms. The van der Waals surface area contributed by atoms with Gasteiger partial charge in [0.2, 0.25) is 0 Å². The van der Waals surface area contributed by atoms with Gasteiger partial charge in [-0.2, -0.15) is 0 Å². The number of hydrogen-bond acceptors (Lipinski definition) is 2. The quantitative estimate of drug-likeness (QED) is 0.811. The van der Waals surface area contributed by atoms with Gasteiger partial charge in [0.15, 0.2) is 0 Å². The maximum atomic E-state index is 2.58. The van der Waals surface area contributed by atoms with E-state index in [1.165, 1.54) is 50.3 Å². The molecule has 1 heterocycles. The van der Waals surface area contributed by atoms with Gasteiger partial charge < -0.3 is 9.80 Å². The third-order valence-electron chi connectivity index (χ3n) is 3.55. The van der Waals surface area contributed by atoms with Crippen molar-refractivity contribution in [1.29, 1.82) is 0 Å². The van der Waals surface area contributed by atoms with Crippen molar-refractivity contribution in [2.45, 2.75) is 27.2 Å². The van der Waals surface area contributed by atoms with Gasteiger partial charge in [0.25, 0.3) is 0 Å². The van der Waals surface area contributed by atoms with Crippen molar-refractivity contribution in [2.24, 2.45) is 0 Å². The summed E-state index contributed by atoms with van der Waals surface area (Å²) in [7, 11) is 2.21. The van der Waals surface area contributed by atoms with Crippen molar-refractivity contribution >= 4 is 0 Å². The number of aryl methyl sites for hydroxylation is 1. The summed E-state index contributed by atoms with van der Waals surface area (Å²) in [6.07, 6.45) is 1.19. The second kappa shape index (κ2) is 8.28. The van der Waals surface area contributed by atoms with E-state index in [0.717, 1.165) is 0 Å². The fourth-order valence-corrected chi connectivity index (χ4v) is 2.24. The number of hydrogen-bond donors (Lipinski definition) is 0. The summed E-state index contributed by atoms with van der Waals surface area (Å²) in [6, 6.07) is 8.73. The van der Waals surface area contributed by atoms with Crippen LogP contribution >= 0.6 is 0 Å². The molecule has 0 aliphatic carbocycles. The summed E-state index contributed by atoms with van der Waals surface area (Å²) in [5, 5.41) is 0. The summed E-state index contributed by atoms with van der Waals surface area (Å²) in [6.45, 7) is 12.3. The fraction of sp³-hybridized carbons (Fsp3) is 0.625. The third kappa shape index (κ3) is 4.79. The molecule has 1 aliphatic heterocycles. The Balaban J connectivity index is 0.000000771.